The van der Waals surface area contributed by atoms with Crippen molar-refractivity contribution < 1.29 is 23.8 Å². The van der Waals surface area contributed by atoms with Gasteiger partial charge in [0.25, 0.3) is 5.18 Å². The second-order valence-electron chi connectivity index (χ2n) is 11.0. The predicted octanol–water partition coefficient (Wildman–Crippen LogP) is 5.75. The molecule has 3 heterocycles. The molecule has 0 radical (unpaired) electrons. The summed E-state index contributed by atoms with van der Waals surface area (Å²) < 4.78 is 26.4. The summed E-state index contributed by atoms with van der Waals surface area (Å²) in [5, 5.41) is 0.409. The smallest absolute Gasteiger partial charge is 0.251 e. The first-order valence-electron chi connectivity index (χ1n) is 13.6. The van der Waals surface area contributed by atoms with Crippen LogP contribution in [0.5, 0.6) is 0 Å². The van der Waals surface area contributed by atoms with Gasteiger partial charge >= 0.3 is 0 Å². The van der Waals surface area contributed by atoms with Gasteiger partial charge in [-0.2, -0.15) is 0 Å². The minimum atomic E-state index is -1.34. The zero-order valence-corrected chi connectivity index (χ0v) is 22.7. The molecule has 3 aliphatic heterocycles. The third-order valence-corrected chi connectivity index (χ3v) is 8.51. The molecule has 3 fully saturated rings. The number of halogens is 1. The van der Waals surface area contributed by atoms with Gasteiger partial charge in [0.05, 0.1) is 18.8 Å². The van der Waals surface area contributed by atoms with E-state index in [-0.39, 0.29) is 18.8 Å². The molecule has 3 aromatic carbocycles. The highest BCUT2D eigenvalue weighted by Crippen LogP contribution is 2.52. The molecule has 0 aromatic heterocycles. The van der Waals surface area contributed by atoms with Crippen molar-refractivity contribution in [2.24, 2.45) is 0 Å². The van der Waals surface area contributed by atoms with Gasteiger partial charge in [-0.25, -0.2) is 0 Å². The first-order valence-corrected chi connectivity index (χ1v) is 13.9. The zero-order chi connectivity index (χ0) is 26.7. The molecule has 3 aromatic rings. The van der Waals surface area contributed by atoms with Crippen molar-refractivity contribution >= 4 is 11.6 Å². The van der Waals surface area contributed by atoms with Gasteiger partial charge in [-0.05, 0) is 30.5 Å². The molecule has 7 heteroatoms. The average Bonchev–Trinajstić information content (AvgIpc) is 3.73. The van der Waals surface area contributed by atoms with Crippen LogP contribution >= 0.6 is 11.6 Å². The average molecular weight is 546 g/mol. The number of fused-ring (bicyclic) bond motifs is 3. The Balaban J connectivity index is 1.27. The molecule has 2 bridgehead atoms. The highest BCUT2D eigenvalue weighted by molar-refractivity contribution is 6.23. The molecule has 0 unspecified atom stereocenters. The van der Waals surface area contributed by atoms with Gasteiger partial charge in [-0.1, -0.05) is 115 Å². The van der Waals surface area contributed by atoms with E-state index in [0.717, 1.165) is 23.1 Å². The van der Waals surface area contributed by atoms with E-state index in [0.29, 0.717) is 0 Å². The van der Waals surface area contributed by atoms with Crippen LogP contribution in [0.15, 0.2) is 103 Å². The van der Waals surface area contributed by atoms with E-state index >= 15 is 0 Å². The van der Waals surface area contributed by atoms with Crippen LogP contribution in [-0.4, -0.2) is 53.1 Å². The van der Waals surface area contributed by atoms with Crippen molar-refractivity contribution in [2.75, 3.05) is 6.61 Å². The Bertz CT molecular complexity index is 1240. The van der Waals surface area contributed by atoms with Crippen molar-refractivity contribution in [3.05, 3.63) is 120 Å². The maximum Gasteiger partial charge on any atom is 0.251 e. The molecule has 3 saturated heterocycles. The Morgan fingerprint density at radius 2 is 1.38 bits per heavy atom. The van der Waals surface area contributed by atoms with Crippen molar-refractivity contribution in [3.8, 4) is 0 Å². The Kier molecular flexibility index (Phi) is 6.21. The largest absolute Gasteiger partial charge is 0.358 e. The number of benzene rings is 3. The number of nitrogens with zero attached hydrogens (tertiary/aromatic N) is 1. The number of hydrogen-bond acceptors (Lipinski definition) is 6. The second-order valence-corrected chi connectivity index (χ2v) is 11.6. The first kappa shape index (κ1) is 25.4. The molecule has 6 atom stereocenters. The van der Waals surface area contributed by atoms with Crippen LogP contribution in [0.25, 0.3) is 0 Å². The molecule has 1 aliphatic carbocycles. The van der Waals surface area contributed by atoms with Crippen molar-refractivity contribution in [3.63, 3.8) is 0 Å². The van der Waals surface area contributed by atoms with Crippen LogP contribution in [0.1, 0.15) is 37.0 Å². The number of rotatable bonds is 7. The van der Waals surface area contributed by atoms with Gasteiger partial charge < -0.3 is 18.9 Å². The summed E-state index contributed by atoms with van der Waals surface area (Å²) in [7, 11) is 0. The summed E-state index contributed by atoms with van der Waals surface area (Å²) in [6.07, 6.45) is 3.53. The van der Waals surface area contributed by atoms with Crippen LogP contribution < -0.4 is 0 Å². The van der Waals surface area contributed by atoms with Crippen LogP contribution in [0.2, 0.25) is 0 Å². The summed E-state index contributed by atoms with van der Waals surface area (Å²) in [5.74, 6) is -0.818. The first-order chi connectivity index (χ1) is 18.9. The molecular formula is C32H32ClNO5. The second kappa shape index (κ2) is 9.53. The molecule has 4 aliphatic rings. The maximum atomic E-state index is 7.28. The summed E-state index contributed by atoms with van der Waals surface area (Å²) >= 11 is 7.28. The molecule has 7 rings (SSSR count). The lowest BCUT2D eigenvalue weighted by atomic mass is 9.80. The Labute approximate surface area is 234 Å². The Morgan fingerprint density at radius 1 is 0.821 bits per heavy atom. The molecule has 202 valence electrons. The molecule has 0 amide bonds. The monoisotopic (exact) mass is 545 g/mol. The normalized spacial score (nSPS) is 33.1. The summed E-state index contributed by atoms with van der Waals surface area (Å²) in [4.78, 5) is 6.14. The van der Waals surface area contributed by atoms with Crippen molar-refractivity contribution in [1.29, 1.82) is 0 Å². The minimum Gasteiger partial charge on any atom is -0.358 e. The Morgan fingerprint density at radius 3 is 1.87 bits per heavy atom. The van der Waals surface area contributed by atoms with Gasteiger partial charge in [0.2, 0.25) is 0 Å². The van der Waals surface area contributed by atoms with Gasteiger partial charge in [0.15, 0.2) is 5.79 Å². The third kappa shape index (κ3) is 4.18. The van der Waals surface area contributed by atoms with Gasteiger partial charge in [0, 0.05) is 6.42 Å². The third-order valence-electron chi connectivity index (χ3n) is 8.04. The van der Waals surface area contributed by atoms with Crippen molar-refractivity contribution in [2.45, 2.75) is 67.3 Å². The molecular weight excluding hydrogens is 514 g/mol. The van der Waals surface area contributed by atoms with E-state index in [1.165, 1.54) is 0 Å². The van der Waals surface area contributed by atoms with Crippen LogP contribution in [0.4, 0.5) is 0 Å². The lowest BCUT2D eigenvalue weighted by Crippen LogP contribution is -2.54. The summed E-state index contributed by atoms with van der Waals surface area (Å²) in [6, 6.07) is 30.9. The minimum absolute atomic E-state index is 0.000184. The molecule has 0 spiro atoms. The summed E-state index contributed by atoms with van der Waals surface area (Å²) in [6.45, 7) is 4.02. The topological polar surface area (TPSA) is 49.4 Å². The predicted molar refractivity (Wildman–Crippen MR) is 147 cm³/mol. The fourth-order valence-corrected chi connectivity index (χ4v) is 6.83. The van der Waals surface area contributed by atoms with E-state index in [1.807, 2.05) is 68.4 Å². The van der Waals surface area contributed by atoms with Gasteiger partial charge in [-0.15, -0.1) is 5.06 Å². The molecule has 6 nitrogen and oxygen atoms in total. The highest BCUT2D eigenvalue weighted by Gasteiger charge is 2.68. The highest BCUT2D eigenvalue weighted by atomic mass is 35.5. The maximum absolute atomic E-state index is 7.28. The lowest BCUT2D eigenvalue weighted by Gasteiger charge is -2.39. The van der Waals surface area contributed by atoms with E-state index < -0.39 is 34.9 Å². The van der Waals surface area contributed by atoms with E-state index in [2.05, 4.69) is 48.6 Å². The van der Waals surface area contributed by atoms with E-state index in [1.54, 1.807) is 5.06 Å². The quantitative estimate of drug-likeness (QED) is 0.163. The van der Waals surface area contributed by atoms with Crippen LogP contribution in [0, 0.1) is 0 Å². The fourth-order valence-electron chi connectivity index (χ4n) is 6.39. The van der Waals surface area contributed by atoms with Crippen molar-refractivity contribution in [1.82, 2.24) is 5.06 Å². The summed E-state index contributed by atoms with van der Waals surface area (Å²) in [5.41, 5.74) is 2.16. The number of ether oxygens (including phenoxy) is 4. The van der Waals surface area contributed by atoms with Crippen LogP contribution in [0.3, 0.4) is 0 Å². The molecule has 39 heavy (non-hydrogen) atoms. The van der Waals surface area contributed by atoms with Gasteiger partial charge in [-0.3, -0.25) is 4.84 Å². The van der Waals surface area contributed by atoms with Crippen LogP contribution in [-0.2, 0) is 29.4 Å². The van der Waals surface area contributed by atoms with E-state index in [9.17, 15) is 0 Å². The number of hydroxylamine groups is 2. The zero-order valence-electron chi connectivity index (χ0n) is 22.0. The van der Waals surface area contributed by atoms with E-state index in [4.69, 9.17) is 35.4 Å². The number of hydrogen-bond donors (Lipinski definition) is 0. The number of alkyl halides is 1. The van der Waals surface area contributed by atoms with Gasteiger partial charge in [0.1, 0.15) is 23.9 Å². The lowest BCUT2D eigenvalue weighted by molar-refractivity contribution is -0.303. The molecule has 0 saturated carbocycles. The molecule has 0 N–H and O–H groups in total. The standard InChI is InChI=1S/C32H32ClNO5/c1-30(2)37-28-27(36-32(33,29(28)38-30)34-25-18-19-26(20-25)39-34)21-35-31(22-12-6-3-7-13-22,23-14-8-4-9-15-23)24-16-10-5-11-17-24/h3-19,25-29H,20-21H2,1-2H3/t25-,26-,27-,28-,29-,32-/m1/s1. The SMILES string of the molecule is CC1(C)O[C@H]2[C@@H](O1)[C@@](Cl)(N1O[C@@H]3C=C[C@@H]1C3)O[C@@H]2COC(c1ccccc1)(c1ccccc1)c1ccccc1. The Hall–Kier alpha value is -2.55. The fraction of sp³-hybridized carbons (Fsp3) is 0.375.